The Morgan fingerprint density at radius 3 is 2.56 bits per heavy atom. The van der Waals surface area contributed by atoms with Gasteiger partial charge in [-0.05, 0) is 60.1 Å². The molecule has 1 saturated heterocycles. The van der Waals surface area contributed by atoms with E-state index in [1.807, 2.05) is 34.9 Å². The highest BCUT2D eigenvalue weighted by atomic mass is 79.9. The van der Waals surface area contributed by atoms with Crippen LogP contribution in [0.25, 0.3) is 10.9 Å². The van der Waals surface area contributed by atoms with Crippen LogP contribution < -0.4 is 0 Å². The molecule has 1 aliphatic rings. The third-order valence-corrected chi connectivity index (χ3v) is 5.49. The van der Waals surface area contributed by atoms with Gasteiger partial charge in [0.05, 0.1) is 17.7 Å². The van der Waals surface area contributed by atoms with Gasteiger partial charge < -0.3 is 5.11 Å². The topological polar surface area (TPSA) is 70.2 Å². The molecule has 4 rings (SSSR count). The highest BCUT2D eigenvalue weighted by Gasteiger charge is 2.20. The fourth-order valence-corrected chi connectivity index (χ4v) is 3.88. The van der Waals surface area contributed by atoms with Crippen LogP contribution in [0.2, 0.25) is 0 Å². The number of hydrogen-bond donors (Lipinski definition) is 1. The Kier molecular flexibility index (Phi) is 5.05. The van der Waals surface area contributed by atoms with E-state index in [0.29, 0.717) is 22.4 Å². The van der Waals surface area contributed by atoms with Gasteiger partial charge in [-0.3, -0.25) is 14.3 Å². The number of aromatic nitrogens is 1. The third-order valence-electron chi connectivity index (χ3n) is 4.80. The molecule has 0 spiro atoms. The van der Waals surface area contributed by atoms with Crippen LogP contribution in [-0.4, -0.2) is 33.6 Å². The van der Waals surface area contributed by atoms with Crippen molar-refractivity contribution in [2.75, 3.05) is 13.1 Å². The number of amides is 1. The molecule has 1 amide bonds. The average Bonchev–Trinajstić information content (AvgIpc) is 3.28. The average molecular weight is 427 g/mol. The first-order valence-corrected chi connectivity index (χ1v) is 9.67. The van der Waals surface area contributed by atoms with Gasteiger partial charge in [-0.15, -0.1) is 10.2 Å². The summed E-state index contributed by atoms with van der Waals surface area (Å²) in [6, 6.07) is 14.7. The molecule has 1 aromatic heterocycles. The third kappa shape index (κ3) is 3.52. The summed E-state index contributed by atoms with van der Waals surface area (Å²) in [7, 11) is 0. The van der Waals surface area contributed by atoms with E-state index in [1.165, 1.54) is 12.8 Å². The zero-order valence-corrected chi connectivity index (χ0v) is 16.3. The van der Waals surface area contributed by atoms with E-state index in [1.54, 1.807) is 18.2 Å². The van der Waals surface area contributed by atoms with Gasteiger partial charge >= 0.3 is 0 Å². The number of benzene rings is 2. The molecule has 0 unspecified atom stereocenters. The fourth-order valence-electron chi connectivity index (χ4n) is 3.42. The SMILES string of the molecule is O=C(N=Nc1c(O)n(CN2CCCC2)c2ccccc12)c1ccccc1Br. The monoisotopic (exact) mass is 426 g/mol. The molecule has 0 bridgehead atoms. The second kappa shape index (κ2) is 7.62. The van der Waals surface area contributed by atoms with Crippen LogP contribution in [0, 0.1) is 0 Å². The number of likely N-dealkylation sites (tertiary alicyclic amines) is 1. The van der Waals surface area contributed by atoms with Gasteiger partial charge in [0.15, 0.2) is 5.69 Å². The Morgan fingerprint density at radius 2 is 1.78 bits per heavy atom. The summed E-state index contributed by atoms with van der Waals surface area (Å²) in [5.41, 5.74) is 1.64. The van der Waals surface area contributed by atoms with E-state index in [0.717, 1.165) is 24.0 Å². The summed E-state index contributed by atoms with van der Waals surface area (Å²) in [5.74, 6) is -0.426. The number of para-hydroxylation sites is 1. The van der Waals surface area contributed by atoms with E-state index in [4.69, 9.17) is 0 Å². The van der Waals surface area contributed by atoms with Crippen molar-refractivity contribution < 1.29 is 9.90 Å². The maximum Gasteiger partial charge on any atom is 0.296 e. The fraction of sp³-hybridized carbons (Fsp3) is 0.250. The first-order chi connectivity index (χ1) is 13.1. The molecule has 3 aromatic rings. The molecule has 138 valence electrons. The summed E-state index contributed by atoms with van der Waals surface area (Å²) in [4.78, 5) is 14.7. The van der Waals surface area contributed by atoms with Crippen molar-refractivity contribution in [3.8, 4) is 5.88 Å². The Bertz CT molecular complexity index is 1020. The van der Waals surface area contributed by atoms with Gasteiger partial charge in [-0.1, -0.05) is 30.3 Å². The maximum absolute atomic E-state index is 12.4. The van der Waals surface area contributed by atoms with Crippen LogP contribution in [0.4, 0.5) is 5.69 Å². The Morgan fingerprint density at radius 1 is 1.07 bits per heavy atom. The molecule has 1 fully saturated rings. The van der Waals surface area contributed by atoms with Gasteiger partial charge in [-0.25, -0.2) is 0 Å². The van der Waals surface area contributed by atoms with Gasteiger partial charge in [0.25, 0.3) is 5.91 Å². The molecule has 0 saturated carbocycles. The van der Waals surface area contributed by atoms with Crippen molar-refractivity contribution in [2.45, 2.75) is 19.5 Å². The summed E-state index contributed by atoms with van der Waals surface area (Å²) in [6.07, 6.45) is 2.35. The Hall–Kier alpha value is -2.51. The lowest BCUT2D eigenvalue weighted by Gasteiger charge is -2.17. The van der Waals surface area contributed by atoms with E-state index in [9.17, 15) is 9.90 Å². The number of carbonyl (C=O) groups excluding carboxylic acids is 1. The highest BCUT2D eigenvalue weighted by Crippen LogP contribution is 2.39. The molecule has 2 heterocycles. The van der Waals surface area contributed by atoms with Crippen molar-refractivity contribution in [2.24, 2.45) is 10.2 Å². The minimum absolute atomic E-state index is 0.0341. The van der Waals surface area contributed by atoms with Crippen LogP contribution in [0.5, 0.6) is 5.88 Å². The van der Waals surface area contributed by atoms with Gasteiger partial charge in [0.1, 0.15) is 0 Å². The minimum atomic E-state index is -0.460. The van der Waals surface area contributed by atoms with Gasteiger partial charge in [0.2, 0.25) is 5.88 Å². The zero-order chi connectivity index (χ0) is 18.8. The van der Waals surface area contributed by atoms with Crippen LogP contribution in [0.1, 0.15) is 23.2 Å². The molecule has 0 radical (unpaired) electrons. The van der Waals surface area contributed by atoms with E-state index in [-0.39, 0.29) is 5.88 Å². The standard InChI is InChI=1S/C20H19BrN4O2/c21-16-9-3-1-7-14(16)19(26)23-22-18-15-8-2-4-10-17(15)25(20(18)27)13-24-11-5-6-12-24/h1-4,7-10,27H,5-6,11-13H2. The lowest BCUT2D eigenvalue weighted by molar-refractivity contribution is 0.0994. The molecule has 2 aromatic carbocycles. The summed E-state index contributed by atoms with van der Waals surface area (Å²) >= 11 is 3.35. The minimum Gasteiger partial charge on any atom is -0.493 e. The van der Waals surface area contributed by atoms with Crippen LogP contribution in [-0.2, 0) is 6.67 Å². The predicted molar refractivity (Wildman–Crippen MR) is 107 cm³/mol. The van der Waals surface area contributed by atoms with Crippen molar-refractivity contribution in [1.82, 2.24) is 9.47 Å². The summed E-state index contributed by atoms with van der Waals surface area (Å²) < 4.78 is 2.49. The first kappa shape index (κ1) is 17.9. The number of hydrogen-bond acceptors (Lipinski definition) is 4. The second-order valence-corrected chi connectivity index (χ2v) is 7.42. The summed E-state index contributed by atoms with van der Waals surface area (Å²) in [6.45, 7) is 2.63. The molecule has 7 heteroatoms. The molecule has 0 aliphatic carbocycles. The normalized spacial score (nSPS) is 15.1. The zero-order valence-electron chi connectivity index (χ0n) is 14.7. The molecular weight excluding hydrogens is 408 g/mol. The summed E-state index contributed by atoms with van der Waals surface area (Å²) in [5, 5.41) is 19.5. The number of rotatable bonds is 4. The molecular formula is C20H19BrN4O2. The smallest absolute Gasteiger partial charge is 0.296 e. The number of halogens is 1. The quantitative estimate of drug-likeness (QED) is 0.590. The van der Waals surface area contributed by atoms with Crippen molar-refractivity contribution in [3.63, 3.8) is 0 Å². The molecule has 6 nitrogen and oxygen atoms in total. The maximum atomic E-state index is 12.4. The van der Waals surface area contributed by atoms with Crippen LogP contribution >= 0.6 is 15.9 Å². The molecule has 1 aliphatic heterocycles. The van der Waals surface area contributed by atoms with E-state index >= 15 is 0 Å². The highest BCUT2D eigenvalue weighted by molar-refractivity contribution is 9.10. The molecule has 1 N–H and O–H groups in total. The molecule has 0 atom stereocenters. The second-order valence-electron chi connectivity index (χ2n) is 6.57. The lowest BCUT2D eigenvalue weighted by Crippen LogP contribution is -2.22. The van der Waals surface area contributed by atoms with Gasteiger partial charge in [-0.2, -0.15) is 0 Å². The Balaban J connectivity index is 1.70. The number of nitrogens with zero attached hydrogens (tertiary/aromatic N) is 4. The largest absolute Gasteiger partial charge is 0.493 e. The number of aromatic hydroxyl groups is 1. The van der Waals surface area contributed by atoms with Gasteiger partial charge in [0, 0.05) is 9.86 Å². The van der Waals surface area contributed by atoms with Crippen LogP contribution in [0.15, 0.2) is 63.2 Å². The molecule has 27 heavy (non-hydrogen) atoms. The van der Waals surface area contributed by atoms with E-state index < -0.39 is 5.91 Å². The van der Waals surface area contributed by atoms with Crippen molar-refractivity contribution in [1.29, 1.82) is 0 Å². The first-order valence-electron chi connectivity index (χ1n) is 8.88. The Labute approximate surface area is 165 Å². The lowest BCUT2D eigenvalue weighted by atomic mass is 10.2. The van der Waals surface area contributed by atoms with Crippen molar-refractivity contribution in [3.05, 3.63) is 58.6 Å². The number of azo groups is 1. The number of fused-ring (bicyclic) bond motifs is 1. The number of carbonyl (C=O) groups is 1. The van der Waals surface area contributed by atoms with Crippen molar-refractivity contribution >= 4 is 38.4 Å². The predicted octanol–water partition coefficient (Wildman–Crippen LogP) is 5.09. The van der Waals surface area contributed by atoms with Crippen LogP contribution in [0.3, 0.4) is 0 Å². The van der Waals surface area contributed by atoms with E-state index in [2.05, 4.69) is 31.1 Å².